The van der Waals surface area contributed by atoms with Gasteiger partial charge in [0.05, 0.1) is 6.61 Å². The highest BCUT2D eigenvalue weighted by Gasteiger charge is 2.53. The lowest BCUT2D eigenvalue weighted by molar-refractivity contribution is -0.175. The quantitative estimate of drug-likeness (QED) is 0.618. The molecule has 0 bridgehead atoms. The second-order valence-electron chi connectivity index (χ2n) is 3.03. The van der Waals surface area contributed by atoms with E-state index in [0.29, 0.717) is 6.42 Å². The van der Waals surface area contributed by atoms with Crippen LogP contribution in [-0.4, -0.2) is 19.0 Å². The minimum atomic E-state index is -2.58. The van der Waals surface area contributed by atoms with E-state index in [0.717, 1.165) is 0 Å². The van der Waals surface area contributed by atoms with Crippen LogP contribution < -0.4 is 0 Å². The summed E-state index contributed by atoms with van der Waals surface area (Å²) in [4.78, 5) is 11.1. The molecule has 70 valence electrons. The number of halogens is 2. The molecule has 0 unspecified atom stereocenters. The second-order valence-corrected chi connectivity index (χ2v) is 3.03. The molecule has 0 N–H and O–H groups in total. The maximum Gasteiger partial charge on any atom is 0.317 e. The molecular weight excluding hydrogens is 166 g/mol. The molecule has 0 amide bonds. The Labute approximate surface area is 69.9 Å². The molecule has 0 saturated heterocycles. The zero-order valence-electron chi connectivity index (χ0n) is 6.98. The third-order valence-corrected chi connectivity index (χ3v) is 2.35. The van der Waals surface area contributed by atoms with Crippen LogP contribution in [0.25, 0.3) is 0 Å². The van der Waals surface area contributed by atoms with Crippen molar-refractivity contribution in [3.8, 4) is 0 Å². The number of esters is 1. The van der Waals surface area contributed by atoms with Crippen LogP contribution in [0.1, 0.15) is 26.2 Å². The Kier molecular flexibility index (Phi) is 2.65. The van der Waals surface area contributed by atoms with Crippen molar-refractivity contribution in [3.63, 3.8) is 0 Å². The van der Waals surface area contributed by atoms with E-state index in [1.54, 1.807) is 6.92 Å². The number of carbonyl (C=O) groups excluding carboxylic acids is 1. The molecule has 4 heteroatoms. The SMILES string of the molecule is CCOC(=O)C1(C(F)F)CCC1. The molecule has 0 aliphatic heterocycles. The fourth-order valence-electron chi connectivity index (χ4n) is 1.34. The molecule has 12 heavy (non-hydrogen) atoms. The summed E-state index contributed by atoms with van der Waals surface area (Å²) in [6.45, 7) is 1.79. The topological polar surface area (TPSA) is 26.3 Å². The first-order valence-corrected chi connectivity index (χ1v) is 4.09. The van der Waals surface area contributed by atoms with Crippen LogP contribution in [-0.2, 0) is 9.53 Å². The van der Waals surface area contributed by atoms with Gasteiger partial charge < -0.3 is 4.74 Å². The zero-order valence-corrected chi connectivity index (χ0v) is 6.98. The number of ether oxygens (including phenoxy) is 1. The van der Waals surface area contributed by atoms with Crippen molar-refractivity contribution in [2.75, 3.05) is 6.61 Å². The Bertz CT molecular complexity index is 176. The molecular formula is C8H12F2O2. The van der Waals surface area contributed by atoms with Crippen LogP contribution in [0.5, 0.6) is 0 Å². The van der Waals surface area contributed by atoms with Crippen molar-refractivity contribution in [1.82, 2.24) is 0 Å². The Hall–Kier alpha value is -0.670. The van der Waals surface area contributed by atoms with Gasteiger partial charge in [-0.1, -0.05) is 6.42 Å². The molecule has 0 atom stereocenters. The molecule has 1 aliphatic carbocycles. The normalized spacial score (nSPS) is 20.3. The van der Waals surface area contributed by atoms with E-state index < -0.39 is 17.8 Å². The molecule has 1 saturated carbocycles. The van der Waals surface area contributed by atoms with E-state index in [9.17, 15) is 13.6 Å². The maximum atomic E-state index is 12.4. The van der Waals surface area contributed by atoms with Crippen molar-refractivity contribution in [1.29, 1.82) is 0 Å². The standard InChI is InChI=1S/C8H12F2O2/c1-2-12-7(11)8(6(9)10)4-3-5-8/h6H,2-5H2,1H3. The summed E-state index contributed by atoms with van der Waals surface area (Å²) >= 11 is 0. The Morgan fingerprint density at radius 2 is 2.17 bits per heavy atom. The Balaban J connectivity index is 2.60. The average molecular weight is 178 g/mol. The number of carbonyl (C=O) groups is 1. The molecule has 2 nitrogen and oxygen atoms in total. The third kappa shape index (κ3) is 1.30. The zero-order chi connectivity index (χ0) is 9.19. The molecule has 0 aromatic heterocycles. The van der Waals surface area contributed by atoms with Gasteiger partial charge in [0.2, 0.25) is 0 Å². The number of hydrogen-bond acceptors (Lipinski definition) is 2. The van der Waals surface area contributed by atoms with Crippen molar-refractivity contribution in [3.05, 3.63) is 0 Å². The fourth-order valence-corrected chi connectivity index (χ4v) is 1.34. The average Bonchev–Trinajstić information content (AvgIpc) is 1.83. The molecule has 0 aromatic carbocycles. The van der Waals surface area contributed by atoms with Gasteiger partial charge in [-0.25, -0.2) is 8.78 Å². The van der Waals surface area contributed by atoms with Crippen molar-refractivity contribution in [2.45, 2.75) is 32.6 Å². The van der Waals surface area contributed by atoms with Crippen LogP contribution in [0.2, 0.25) is 0 Å². The second kappa shape index (κ2) is 3.37. The van der Waals surface area contributed by atoms with Gasteiger partial charge in [0.25, 0.3) is 6.43 Å². The summed E-state index contributed by atoms with van der Waals surface area (Å²) in [6, 6.07) is 0. The summed E-state index contributed by atoms with van der Waals surface area (Å²) in [7, 11) is 0. The molecule has 1 fully saturated rings. The summed E-state index contributed by atoms with van der Waals surface area (Å²) < 4.78 is 29.4. The fraction of sp³-hybridized carbons (Fsp3) is 0.875. The minimum Gasteiger partial charge on any atom is -0.465 e. The lowest BCUT2D eigenvalue weighted by atomic mass is 9.69. The van der Waals surface area contributed by atoms with Crippen LogP contribution in [0.3, 0.4) is 0 Å². The van der Waals surface area contributed by atoms with Gasteiger partial charge in [-0.05, 0) is 19.8 Å². The van der Waals surface area contributed by atoms with E-state index in [1.807, 2.05) is 0 Å². The first-order chi connectivity index (χ1) is 5.63. The summed E-state index contributed by atoms with van der Waals surface area (Å²) in [6.07, 6.45) is -1.35. The van der Waals surface area contributed by atoms with Crippen LogP contribution in [0.15, 0.2) is 0 Å². The van der Waals surface area contributed by atoms with E-state index in [2.05, 4.69) is 4.74 Å². The van der Waals surface area contributed by atoms with Crippen LogP contribution >= 0.6 is 0 Å². The van der Waals surface area contributed by atoms with Gasteiger partial charge in [-0.2, -0.15) is 0 Å². The largest absolute Gasteiger partial charge is 0.465 e. The smallest absolute Gasteiger partial charge is 0.317 e. The molecule has 0 heterocycles. The number of alkyl halides is 2. The van der Waals surface area contributed by atoms with Crippen molar-refractivity contribution >= 4 is 5.97 Å². The summed E-state index contributed by atoms with van der Waals surface area (Å²) in [5.41, 5.74) is -1.46. The van der Waals surface area contributed by atoms with Gasteiger partial charge >= 0.3 is 5.97 Å². The van der Waals surface area contributed by atoms with Crippen molar-refractivity contribution in [2.24, 2.45) is 5.41 Å². The minimum absolute atomic E-state index is 0.174. The molecule has 0 radical (unpaired) electrons. The Morgan fingerprint density at radius 3 is 2.42 bits per heavy atom. The molecule has 0 spiro atoms. The summed E-state index contributed by atoms with van der Waals surface area (Å²) in [5, 5.41) is 0. The predicted octanol–water partition coefficient (Wildman–Crippen LogP) is 1.98. The van der Waals surface area contributed by atoms with Gasteiger partial charge in [0, 0.05) is 0 Å². The Morgan fingerprint density at radius 1 is 1.58 bits per heavy atom. The molecule has 1 rings (SSSR count). The van der Waals surface area contributed by atoms with Gasteiger partial charge in [0.1, 0.15) is 5.41 Å². The third-order valence-electron chi connectivity index (χ3n) is 2.35. The maximum absolute atomic E-state index is 12.4. The van der Waals surface area contributed by atoms with E-state index >= 15 is 0 Å². The highest BCUT2D eigenvalue weighted by molar-refractivity contribution is 5.78. The predicted molar refractivity (Wildman–Crippen MR) is 38.9 cm³/mol. The monoisotopic (exact) mass is 178 g/mol. The lowest BCUT2D eigenvalue weighted by Gasteiger charge is -2.37. The first kappa shape index (κ1) is 9.42. The van der Waals surface area contributed by atoms with Crippen LogP contribution in [0, 0.1) is 5.41 Å². The first-order valence-electron chi connectivity index (χ1n) is 4.09. The molecule has 1 aliphatic rings. The van der Waals surface area contributed by atoms with E-state index in [4.69, 9.17) is 0 Å². The molecule has 0 aromatic rings. The highest BCUT2D eigenvalue weighted by atomic mass is 19.3. The number of rotatable bonds is 3. The van der Waals surface area contributed by atoms with Gasteiger partial charge in [-0.3, -0.25) is 4.79 Å². The van der Waals surface area contributed by atoms with Crippen LogP contribution in [0.4, 0.5) is 8.78 Å². The summed E-state index contributed by atoms with van der Waals surface area (Å²) in [5.74, 6) is -0.730. The van der Waals surface area contributed by atoms with E-state index in [-0.39, 0.29) is 19.4 Å². The highest BCUT2D eigenvalue weighted by Crippen LogP contribution is 2.46. The number of hydrogen-bond donors (Lipinski definition) is 0. The van der Waals surface area contributed by atoms with E-state index in [1.165, 1.54) is 0 Å². The van der Waals surface area contributed by atoms with Gasteiger partial charge in [-0.15, -0.1) is 0 Å². The lowest BCUT2D eigenvalue weighted by Crippen LogP contribution is -2.45. The van der Waals surface area contributed by atoms with Crippen molar-refractivity contribution < 1.29 is 18.3 Å². The van der Waals surface area contributed by atoms with Gasteiger partial charge in [0.15, 0.2) is 0 Å².